The number of nitrogens with zero attached hydrogens (tertiary/aromatic N) is 1. The Morgan fingerprint density at radius 1 is 1.12 bits per heavy atom. The number of fused-ring (bicyclic) bond motifs is 1. The fourth-order valence-corrected chi connectivity index (χ4v) is 4.43. The van der Waals surface area contributed by atoms with Crippen LogP contribution in [0.3, 0.4) is 0 Å². The Kier molecular flexibility index (Phi) is 4.54. The molecule has 0 fully saturated rings. The van der Waals surface area contributed by atoms with Crippen molar-refractivity contribution in [1.82, 2.24) is 4.98 Å². The third kappa shape index (κ3) is 3.75. The average Bonchev–Trinajstić information content (AvgIpc) is 3.30. The lowest BCUT2D eigenvalue weighted by Crippen LogP contribution is -2.10. The Bertz CT molecular complexity index is 995. The van der Waals surface area contributed by atoms with Gasteiger partial charge in [-0.2, -0.15) is 0 Å². The molecule has 0 aliphatic heterocycles. The number of carbonyl (C=O) groups is 1. The second-order valence-electron chi connectivity index (χ2n) is 5.37. The fourth-order valence-electron chi connectivity index (χ4n) is 2.36. The van der Waals surface area contributed by atoms with Crippen molar-refractivity contribution in [3.63, 3.8) is 0 Å². The highest BCUT2D eigenvalue weighted by molar-refractivity contribution is 8.00. The molecule has 0 radical (unpaired) electrons. The Balaban J connectivity index is 1.48. The summed E-state index contributed by atoms with van der Waals surface area (Å²) < 4.78 is 7.18. The number of furan rings is 1. The minimum atomic E-state index is -0.257. The maximum atomic E-state index is 12.1. The number of amides is 1. The molecule has 0 saturated carbocycles. The molecule has 2 aromatic carbocycles. The number of benzene rings is 2. The van der Waals surface area contributed by atoms with Crippen LogP contribution >= 0.6 is 23.1 Å². The van der Waals surface area contributed by atoms with Gasteiger partial charge in [0.25, 0.3) is 5.91 Å². The second-order valence-corrected chi connectivity index (χ2v) is 7.62. The minimum absolute atomic E-state index is 0.257. The van der Waals surface area contributed by atoms with Crippen LogP contribution in [-0.4, -0.2) is 10.9 Å². The molecule has 4 nitrogen and oxygen atoms in total. The van der Waals surface area contributed by atoms with Crippen molar-refractivity contribution >= 4 is 44.9 Å². The van der Waals surface area contributed by atoms with E-state index in [9.17, 15) is 4.79 Å². The van der Waals surface area contributed by atoms with Gasteiger partial charge in [-0.3, -0.25) is 4.79 Å². The average molecular weight is 366 g/mol. The van der Waals surface area contributed by atoms with E-state index in [1.54, 1.807) is 35.2 Å². The first-order chi connectivity index (χ1) is 12.3. The van der Waals surface area contributed by atoms with Gasteiger partial charge in [0.15, 0.2) is 10.1 Å². The Labute approximate surface area is 152 Å². The molecule has 4 rings (SSSR count). The van der Waals surface area contributed by atoms with Crippen LogP contribution < -0.4 is 5.32 Å². The van der Waals surface area contributed by atoms with Gasteiger partial charge in [0, 0.05) is 11.4 Å². The van der Waals surface area contributed by atoms with Crippen molar-refractivity contribution in [3.8, 4) is 0 Å². The van der Waals surface area contributed by atoms with E-state index >= 15 is 0 Å². The number of thioether (sulfide) groups is 1. The number of hydrogen-bond acceptors (Lipinski definition) is 5. The third-order valence-electron chi connectivity index (χ3n) is 3.58. The summed E-state index contributed by atoms with van der Waals surface area (Å²) in [6.07, 6.45) is 1.48. The van der Waals surface area contributed by atoms with Crippen LogP contribution in [-0.2, 0) is 5.75 Å². The standard InChI is InChI=1S/C19H14N2O2S2/c22-18(16-7-4-10-23-16)20-14-8-9-15-17(11-14)25-19(21-15)24-12-13-5-2-1-3-6-13/h1-11H,12H2,(H,20,22). The van der Waals surface area contributed by atoms with Gasteiger partial charge in [0.05, 0.1) is 16.5 Å². The third-order valence-corrected chi connectivity index (χ3v) is 5.81. The first-order valence-electron chi connectivity index (χ1n) is 7.70. The second kappa shape index (κ2) is 7.13. The molecule has 0 spiro atoms. The highest BCUT2D eigenvalue weighted by Crippen LogP contribution is 2.33. The molecule has 4 aromatic rings. The Hall–Kier alpha value is -2.57. The summed E-state index contributed by atoms with van der Waals surface area (Å²) in [6.45, 7) is 0. The Morgan fingerprint density at radius 2 is 2.00 bits per heavy atom. The molecule has 25 heavy (non-hydrogen) atoms. The van der Waals surface area contributed by atoms with E-state index < -0.39 is 0 Å². The summed E-state index contributed by atoms with van der Waals surface area (Å²) in [5.74, 6) is 0.930. The van der Waals surface area contributed by atoms with Crippen LogP contribution in [0.5, 0.6) is 0 Å². The quantitative estimate of drug-likeness (QED) is 0.478. The van der Waals surface area contributed by atoms with Gasteiger partial charge < -0.3 is 9.73 Å². The monoisotopic (exact) mass is 366 g/mol. The molecule has 124 valence electrons. The number of rotatable bonds is 5. The van der Waals surface area contributed by atoms with Gasteiger partial charge in [-0.15, -0.1) is 11.3 Å². The summed E-state index contributed by atoms with van der Waals surface area (Å²) >= 11 is 3.35. The molecule has 2 heterocycles. The Morgan fingerprint density at radius 3 is 2.80 bits per heavy atom. The molecular weight excluding hydrogens is 352 g/mol. The van der Waals surface area contributed by atoms with E-state index in [-0.39, 0.29) is 5.91 Å². The summed E-state index contributed by atoms with van der Waals surface area (Å²) in [5, 5.41) is 2.84. The van der Waals surface area contributed by atoms with Gasteiger partial charge in [-0.05, 0) is 35.9 Å². The van der Waals surface area contributed by atoms with E-state index in [1.807, 2.05) is 36.4 Å². The molecule has 2 aromatic heterocycles. The zero-order valence-corrected chi connectivity index (χ0v) is 14.8. The summed E-state index contributed by atoms with van der Waals surface area (Å²) in [5.41, 5.74) is 2.95. The predicted octanol–water partition coefficient (Wildman–Crippen LogP) is 5.43. The zero-order valence-electron chi connectivity index (χ0n) is 13.1. The van der Waals surface area contributed by atoms with E-state index in [1.165, 1.54) is 11.8 Å². The van der Waals surface area contributed by atoms with Gasteiger partial charge in [-0.1, -0.05) is 42.1 Å². The maximum absolute atomic E-state index is 12.1. The summed E-state index contributed by atoms with van der Waals surface area (Å²) in [6, 6.07) is 19.4. The highest BCUT2D eigenvalue weighted by Gasteiger charge is 2.10. The van der Waals surface area contributed by atoms with Crippen molar-refractivity contribution in [2.75, 3.05) is 5.32 Å². The lowest BCUT2D eigenvalue weighted by Gasteiger charge is -2.02. The molecule has 0 unspecified atom stereocenters. The van der Waals surface area contributed by atoms with Crippen LogP contribution in [0.25, 0.3) is 10.2 Å². The van der Waals surface area contributed by atoms with Crippen LogP contribution in [0.4, 0.5) is 5.69 Å². The van der Waals surface area contributed by atoms with Crippen LogP contribution in [0, 0.1) is 0 Å². The van der Waals surface area contributed by atoms with Crippen molar-refractivity contribution in [3.05, 3.63) is 78.3 Å². The molecule has 0 bridgehead atoms. The van der Waals surface area contributed by atoms with Crippen LogP contribution in [0.2, 0.25) is 0 Å². The van der Waals surface area contributed by atoms with Gasteiger partial charge >= 0.3 is 0 Å². The van der Waals surface area contributed by atoms with E-state index in [4.69, 9.17) is 4.42 Å². The largest absolute Gasteiger partial charge is 0.459 e. The molecule has 0 atom stereocenters. The summed E-state index contributed by atoms with van der Waals surface area (Å²) in [7, 11) is 0. The van der Waals surface area contributed by atoms with E-state index in [2.05, 4.69) is 22.4 Å². The number of thiazole rings is 1. The lowest BCUT2D eigenvalue weighted by atomic mass is 10.2. The predicted molar refractivity (Wildman–Crippen MR) is 102 cm³/mol. The van der Waals surface area contributed by atoms with Gasteiger partial charge in [-0.25, -0.2) is 4.98 Å². The number of nitrogens with one attached hydrogen (secondary N) is 1. The molecule has 6 heteroatoms. The van der Waals surface area contributed by atoms with Crippen molar-refractivity contribution in [2.24, 2.45) is 0 Å². The lowest BCUT2D eigenvalue weighted by molar-refractivity contribution is 0.0996. The summed E-state index contributed by atoms with van der Waals surface area (Å²) in [4.78, 5) is 16.7. The number of anilines is 1. The zero-order chi connectivity index (χ0) is 17.1. The molecule has 1 amide bonds. The van der Waals surface area contributed by atoms with E-state index in [0.717, 1.165) is 26.0 Å². The van der Waals surface area contributed by atoms with Crippen molar-refractivity contribution in [2.45, 2.75) is 10.1 Å². The molecule has 1 N–H and O–H groups in total. The van der Waals surface area contributed by atoms with Gasteiger partial charge in [0.1, 0.15) is 0 Å². The molecule has 0 aliphatic carbocycles. The normalized spacial score (nSPS) is 10.9. The van der Waals surface area contributed by atoms with E-state index in [0.29, 0.717) is 5.76 Å². The number of carbonyl (C=O) groups excluding carboxylic acids is 1. The van der Waals surface area contributed by atoms with Gasteiger partial charge in [0.2, 0.25) is 0 Å². The molecular formula is C19H14N2O2S2. The van der Waals surface area contributed by atoms with Crippen molar-refractivity contribution < 1.29 is 9.21 Å². The molecule has 0 aliphatic rings. The van der Waals surface area contributed by atoms with Crippen LogP contribution in [0.15, 0.2) is 75.7 Å². The first kappa shape index (κ1) is 15.9. The number of hydrogen-bond donors (Lipinski definition) is 1. The van der Waals surface area contributed by atoms with Crippen LogP contribution in [0.1, 0.15) is 16.1 Å². The fraction of sp³-hybridized carbons (Fsp3) is 0.0526. The first-order valence-corrected chi connectivity index (χ1v) is 9.50. The highest BCUT2D eigenvalue weighted by atomic mass is 32.2. The maximum Gasteiger partial charge on any atom is 0.291 e. The number of aromatic nitrogens is 1. The van der Waals surface area contributed by atoms with Crippen molar-refractivity contribution in [1.29, 1.82) is 0 Å². The molecule has 0 saturated heterocycles. The smallest absolute Gasteiger partial charge is 0.291 e. The minimum Gasteiger partial charge on any atom is -0.459 e. The topological polar surface area (TPSA) is 55.1 Å². The SMILES string of the molecule is O=C(Nc1ccc2nc(SCc3ccccc3)sc2c1)c1ccco1.